The van der Waals surface area contributed by atoms with Gasteiger partial charge in [0.2, 0.25) is 0 Å². The molecule has 1 aliphatic heterocycles. The standard InChI is InChI=1S/C10H12FNO4S/c1-7-2-4-12(9(6-7)17(13,14)15)10-8(11)3-5-16-10/h2,4,6,8,10H,3,5H2,1H3/t8-,10-/m1/s1. The zero-order valence-electron chi connectivity index (χ0n) is 9.17. The van der Waals surface area contributed by atoms with Crippen LogP contribution in [0.15, 0.2) is 23.4 Å². The number of ether oxygens (including phenoxy) is 1. The van der Waals surface area contributed by atoms with E-state index in [-0.39, 0.29) is 13.0 Å². The minimum Gasteiger partial charge on any atom is -0.740 e. The molecule has 0 amide bonds. The molecule has 7 heteroatoms. The van der Waals surface area contributed by atoms with Crippen molar-refractivity contribution in [1.82, 2.24) is 0 Å². The number of aromatic nitrogens is 1. The lowest BCUT2D eigenvalue weighted by atomic mass is 10.2. The van der Waals surface area contributed by atoms with E-state index < -0.39 is 27.5 Å². The highest BCUT2D eigenvalue weighted by Gasteiger charge is 2.38. The van der Waals surface area contributed by atoms with Crippen molar-refractivity contribution in [2.24, 2.45) is 0 Å². The van der Waals surface area contributed by atoms with Gasteiger partial charge in [0.1, 0.15) is 0 Å². The third-order valence-electron chi connectivity index (χ3n) is 2.63. The molecule has 0 spiro atoms. The number of nitrogens with zero attached hydrogens (tertiary/aromatic N) is 1. The van der Waals surface area contributed by atoms with E-state index in [4.69, 9.17) is 4.74 Å². The average Bonchev–Trinajstić information content (AvgIpc) is 2.63. The Bertz CT molecular complexity index is 531. The molecule has 0 saturated carbocycles. The summed E-state index contributed by atoms with van der Waals surface area (Å²) < 4.78 is 53.0. The van der Waals surface area contributed by atoms with Crippen molar-refractivity contribution < 1.29 is 26.7 Å². The van der Waals surface area contributed by atoms with E-state index in [0.717, 1.165) is 4.57 Å². The molecule has 2 heterocycles. The minimum absolute atomic E-state index is 0.198. The lowest BCUT2D eigenvalue weighted by Gasteiger charge is -2.13. The fourth-order valence-electron chi connectivity index (χ4n) is 1.80. The second-order valence-electron chi connectivity index (χ2n) is 3.97. The van der Waals surface area contributed by atoms with Gasteiger partial charge in [-0.05, 0) is 12.5 Å². The van der Waals surface area contributed by atoms with Crippen LogP contribution in [-0.4, -0.2) is 25.7 Å². The fraction of sp³-hybridized carbons (Fsp3) is 0.500. The first kappa shape index (κ1) is 12.4. The van der Waals surface area contributed by atoms with Crippen LogP contribution in [0, 0.1) is 6.92 Å². The number of aryl methyl sites for hydroxylation is 1. The molecular weight excluding hydrogens is 249 g/mol. The van der Waals surface area contributed by atoms with Gasteiger partial charge in [-0.15, -0.1) is 0 Å². The Hall–Kier alpha value is -1.05. The number of rotatable bonds is 2. The Morgan fingerprint density at radius 3 is 2.82 bits per heavy atom. The second kappa shape index (κ2) is 4.32. The molecule has 2 atom stereocenters. The van der Waals surface area contributed by atoms with Crippen molar-refractivity contribution in [2.45, 2.75) is 30.8 Å². The van der Waals surface area contributed by atoms with Crippen molar-refractivity contribution in [3.8, 4) is 0 Å². The molecule has 94 valence electrons. The molecule has 1 aromatic rings. The van der Waals surface area contributed by atoms with E-state index in [1.165, 1.54) is 12.3 Å². The van der Waals surface area contributed by atoms with Gasteiger partial charge in [0, 0.05) is 18.6 Å². The third kappa shape index (κ3) is 2.46. The quantitative estimate of drug-likeness (QED) is 0.572. The van der Waals surface area contributed by atoms with Crippen LogP contribution in [-0.2, 0) is 14.9 Å². The number of alkyl halides is 1. The summed E-state index contributed by atoms with van der Waals surface area (Å²) >= 11 is 0. The molecule has 1 saturated heterocycles. The van der Waals surface area contributed by atoms with Gasteiger partial charge in [0.05, 0.1) is 6.61 Å². The molecule has 1 fully saturated rings. The van der Waals surface area contributed by atoms with Crippen molar-refractivity contribution in [1.29, 1.82) is 0 Å². The van der Waals surface area contributed by atoms with Crippen molar-refractivity contribution in [3.05, 3.63) is 23.9 Å². The molecule has 17 heavy (non-hydrogen) atoms. The highest BCUT2D eigenvalue weighted by atomic mass is 32.2. The molecule has 0 unspecified atom stereocenters. The second-order valence-corrected chi connectivity index (χ2v) is 5.30. The van der Waals surface area contributed by atoms with Gasteiger partial charge in [-0.1, -0.05) is 0 Å². The molecule has 1 aromatic heterocycles. The average molecular weight is 261 g/mol. The third-order valence-corrected chi connectivity index (χ3v) is 3.47. The smallest absolute Gasteiger partial charge is 0.295 e. The summed E-state index contributed by atoms with van der Waals surface area (Å²) in [6.45, 7) is 1.87. The van der Waals surface area contributed by atoms with Gasteiger partial charge >= 0.3 is 0 Å². The number of hydrogen-bond acceptors (Lipinski definition) is 4. The van der Waals surface area contributed by atoms with Crippen molar-refractivity contribution >= 4 is 10.1 Å². The first-order chi connectivity index (χ1) is 7.89. The molecule has 0 N–H and O–H groups in total. The Morgan fingerprint density at radius 1 is 1.59 bits per heavy atom. The van der Waals surface area contributed by atoms with E-state index in [2.05, 4.69) is 0 Å². The van der Waals surface area contributed by atoms with E-state index in [1.54, 1.807) is 13.0 Å². The van der Waals surface area contributed by atoms with Crippen molar-refractivity contribution in [2.75, 3.05) is 6.61 Å². The highest BCUT2D eigenvalue weighted by Crippen LogP contribution is 2.23. The maximum atomic E-state index is 13.5. The summed E-state index contributed by atoms with van der Waals surface area (Å²) in [5, 5.41) is -0.466. The number of halogens is 1. The first-order valence-corrected chi connectivity index (χ1v) is 6.54. The van der Waals surface area contributed by atoms with Gasteiger partial charge in [-0.25, -0.2) is 12.8 Å². The molecular formula is C10H12FNO4S. The van der Waals surface area contributed by atoms with Gasteiger partial charge < -0.3 is 9.29 Å². The largest absolute Gasteiger partial charge is 0.740 e. The summed E-state index contributed by atoms with van der Waals surface area (Å²) in [6.07, 6.45) is -0.774. The van der Waals surface area contributed by atoms with Crippen LogP contribution in [0.4, 0.5) is 4.39 Å². The van der Waals surface area contributed by atoms with Crippen LogP contribution in [0.1, 0.15) is 18.2 Å². The molecule has 0 aromatic carbocycles. The number of pyridine rings is 1. The lowest BCUT2D eigenvalue weighted by Crippen LogP contribution is -2.47. The zero-order valence-corrected chi connectivity index (χ0v) is 9.98. The first-order valence-electron chi connectivity index (χ1n) is 5.13. The van der Waals surface area contributed by atoms with E-state index in [1.807, 2.05) is 0 Å². The molecule has 0 bridgehead atoms. The molecule has 0 radical (unpaired) electrons. The Labute approximate surface area is 98.6 Å². The normalized spacial score (nSPS) is 25.1. The van der Waals surface area contributed by atoms with E-state index in [0.29, 0.717) is 5.56 Å². The summed E-state index contributed by atoms with van der Waals surface area (Å²) in [6, 6.07) is 2.82. The maximum Gasteiger partial charge on any atom is 0.295 e. The molecule has 0 aliphatic carbocycles. The monoisotopic (exact) mass is 261 g/mol. The van der Waals surface area contributed by atoms with Gasteiger partial charge in [-0.2, -0.15) is 4.57 Å². The molecule has 2 rings (SSSR count). The van der Waals surface area contributed by atoms with Crippen LogP contribution in [0.25, 0.3) is 0 Å². The van der Waals surface area contributed by atoms with Gasteiger partial charge in [0.25, 0.3) is 11.3 Å². The van der Waals surface area contributed by atoms with Gasteiger partial charge in [0.15, 0.2) is 22.5 Å². The summed E-state index contributed by atoms with van der Waals surface area (Å²) in [7, 11) is -4.65. The maximum absolute atomic E-state index is 13.5. The lowest BCUT2D eigenvalue weighted by molar-refractivity contribution is -0.794. The fourth-order valence-corrected chi connectivity index (χ4v) is 2.56. The predicted molar refractivity (Wildman–Crippen MR) is 53.8 cm³/mol. The van der Waals surface area contributed by atoms with Crippen LogP contribution in [0.5, 0.6) is 0 Å². The van der Waals surface area contributed by atoms with E-state index >= 15 is 0 Å². The summed E-state index contributed by atoms with van der Waals surface area (Å²) in [5.41, 5.74) is 0.615. The number of hydrogen-bond donors (Lipinski definition) is 0. The summed E-state index contributed by atoms with van der Waals surface area (Å²) in [4.78, 5) is 0. The predicted octanol–water partition coefficient (Wildman–Crippen LogP) is 0.444. The minimum atomic E-state index is -4.65. The highest BCUT2D eigenvalue weighted by molar-refractivity contribution is 7.85. The molecule has 5 nitrogen and oxygen atoms in total. The SMILES string of the molecule is Cc1cc[n+]([C@@H]2OCC[C@H]2F)c(S(=O)(=O)[O-])c1. The zero-order chi connectivity index (χ0) is 12.6. The van der Waals surface area contributed by atoms with Crippen LogP contribution in [0.3, 0.4) is 0 Å². The Balaban J connectivity index is 2.54. The summed E-state index contributed by atoms with van der Waals surface area (Å²) in [5.74, 6) is 0. The van der Waals surface area contributed by atoms with Gasteiger partial charge in [-0.3, -0.25) is 0 Å². The van der Waals surface area contributed by atoms with Crippen molar-refractivity contribution in [3.63, 3.8) is 0 Å². The Morgan fingerprint density at radius 2 is 2.29 bits per heavy atom. The van der Waals surface area contributed by atoms with E-state index in [9.17, 15) is 17.4 Å². The van der Waals surface area contributed by atoms with Crippen LogP contribution >= 0.6 is 0 Å². The van der Waals surface area contributed by atoms with Crippen LogP contribution in [0.2, 0.25) is 0 Å². The Kier molecular flexibility index (Phi) is 3.15. The molecule has 1 aliphatic rings. The van der Waals surface area contributed by atoms with Crippen LogP contribution < -0.4 is 4.57 Å². The topological polar surface area (TPSA) is 70.3 Å².